The van der Waals surface area contributed by atoms with E-state index in [1.54, 1.807) is 23.1 Å². The molecule has 8 heteroatoms. The molecule has 2 aliphatic heterocycles. The van der Waals surface area contributed by atoms with Crippen molar-refractivity contribution >= 4 is 52.0 Å². The molecule has 180 valence electrons. The molecule has 0 spiro atoms. The third kappa shape index (κ3) is 5.37. The van der Waals surface area contributed by atoms with Crippen molar-refractivity contribution in [2.24, 2.45) is 4.99 Å². The van der Waals surface area contributed by atoms with Crippen molar-refractivity contribution in [3.8, 4) is 11.5 Å². The molecular weight excluding hydrogens is 494 g/mol. The normalized spacial score (nSPS) is 16.0. The van der Waals surface area contributed by atoms with Crippen molar-refractivity contribution in [2.45, 2.75) is 6.42 Å². The minimum Gasteiger partial charge on any atom is -0.493 e. The van der Waals surface area contributed by atoms with Crippen LogP contribution >= 0.6 is 23.4 Å². The number of carbonyl (C=O) groups excluding carboxylic acids is 1. The van der Waals surface area contributed by atoms with Gasteiger partial charge in [-0.1, -0.05) is 65.8 Å². The zero-order chi connectivity index (χ0) is 24.9. The lowest BCUT2D eigenvalue weighted by atomic mass is 10.1. The summed E-state index contributed by atoms with van der Waals surface area (Å²) in [6.45, 7) is 0.995. The summed E-state index contributed by atoms with van der Waals surface area (Å²) in [4.78, 5) is 18.7. The average molecular weight is 516 g/mol. The first-order chi connectivity index (χ1) is 17.6. The number of nitrogens with zero attached hydrogens (tertiary/aromatic N) is 2. The predicted octanol–water partition coefficient (Wildman–Crippen LogP) is 6.49. The Morgan fingerprint density at radius 3 is 2.47 bits per heavy atom. The molecule has 2 aliphatic rings. The highest BCUT2D eigenvalue weighted by Gasteiger charge is 2.36. The fraction of sp³-hybridized carbons (Fsp3) is 0.107. The van der Waals surface area contributed by atoms with Gasteiger partial charge in [-0.25, -0.2) is 0 Å². The maximum absolute atomic E-state index is 12.7. The number of fused-ring (bicyclic) bond motifs is 1. The van der Waals surface area contributed by atoms with Gasteiger partial charge in [-0.2, -0.15) is 4.99 Å². The molecular formula is C28H22ClN3O3S. The smallest absolute Gasteiger partial charge is 0.283 e. The van der Waals surface area contributed by atoms with Crippen LogP contribution in [0.15, 0.2) is 94.8 Å². The second-order valence-corrected chi connectivity index (χ2v) is 9.28. The van der Waals surface area contributed by atoms with Gasteiger partial charge in [0.05, 0.1) is 24.5 Å². The molecule has 2 heterocycles. The lowest BCUT2D eigenvalue weighted by Crippen LogP contribution is -2.38. The van der Waals surface area contributed by atoms with Gasteiger partial charge < -0.3 is 9.47 Å². The van der Waals surface area contributed by atoms with E-state index in [0.717, 1.165) is 22.6 Å². The molecule has 0 fully saturated rings. The molecule has 0 aromatic heterocycles. The summed E-state index contributed by atoms with van der Waals surface area (Å²) in [5.41, 5.74) is 2.79. The maximum Gasteiger partial charge on any atom is 0.283 e. The lowest BCUT2D eigenvalue weighted by Gasteiger charge is -2.26. The molecule has 36 heavy (non-hydrogen) atoms. The quantitative estimate of drug-likeness (QED) is 0.274. The van der Waals surface area contributed by atoms with Crippen molar-refractivity contribution in [1.82, 2.24) is 4.90 Å². The Morgan fingerprint density at radius 1 is 0.944 bits per heavy atom. The third-order valence-corrected chi connectivity index (χ3v) is 6.57. The Balaban J connectivity index is 1.23. The van der Waals surface area contributed by atoms with E-state index in [4.69, 9.17) is 26.5 Å². The third-order valence-electron chi connectivity index (χ3n) is 5.49. The summed E-state index contributed by atoms with van der Waals surface area (Å²) in [6.07, 6.45) is 2.39. The number of nitrogens with one attached hydrogen (secondary N) is 1. The van der Waals surface area contributed by atoms with Gasteiger partial charge in [0.1, 0.15) is 17.3 Å². The first-order valence-electron chi connectivity index (χ1n) is 11.4. The van der Waals surface area contributed by atoms with E-state index < -0.39 is 5.91 Å². The molecule has 0 atom stereocenters. The Hall–Kier alpha value is -3.81. The number of halogens is 1. The Bertz CT molecular complexity index is 1380. The summed E-state index contributed by atoms with van der Waals surface area (Å²) < 4.78 is 11.6. The molecule has 3 aromatic rings. The van der Waals surface area contributed by atoms with Crippen molar-refractivity contribution in [3.05, 3.63) is 106 Å². The number of amides is 1. The highest BCUT2D eigenvalue weighted by molar-refractivity contribution is 8.17. The fourth-order valence-electron chi connectivity index (χ4n) is 3.74. The summed E-state index contributed by atoms with van der Waals surface area (Å²) in [5, 5.41) is 11.9. The summed E-state index contributed by atoms with van der Waals surface area (Å²) in [5.74, 6) is 1.12. The van der Waals surface area contributed by atoms with E-state index in [1.807, 2.05) is 72.1 Å². The van der Waals surface area contributed by atoms with E-state index in [0.29, 0.717) is 35.6 Å². The number of hydrogen-bond acceptors (Lipinski definition) is 5. The highest BCUT2D eigenvalue weighted by atomic mass is 35.5. The molecule has 6 nitrogen and oxygen atoms in total. The summed E-state index contributed by atoms with van der Waals surface area (Å²) >= 11 is 7.24. The standard InChI is InChI=1S/C28H22ClN3O3S/c29-21-10-12-22(13-11-21)34-14-5-15-35-23-9-4-6-19(16-23)17-24-26(30)32-25(20-7-2-1-3-8-20)18-36-28(32)31-27(24)33/h1-4,6-13,16-18,30H,5,14-15H2/b24-17-,30-26?. The molecule has 3 aromatic carbocycles. The van der Waals surface area contributed by atoms with Crippen molar-refractivity contribution in [2.75, 3.05) is 13.2 Å². The summed E-state index contributed by atoms with van der Waals surface area (Å²) in [7, 11) is 0. The Kier molecular flexibility index (Phi) is 7.21. The summed E-state index contributed by atoms with van der Waals surface area (Å²) in [6, 6.07) is 24.5. The Morgan fingerprint density at radius 2 is 1.69 bits per heavy atom. The van der Waals surface area contributed by atoms with Crippen LogP contribution in [-0.4, -0.2) is 35.0 Å². The molecule has 5 rings (SSSR count). The van der Waals surface area contributed by atoms with Gasteiger partial charge in [0.15, 0.2) is 5.17 Å². The van der Waals surface area contributed by atoms with Crippen LogP contribution in [0.5, 0.6) is 11.5 Å². The predicted molar refractivity (Wildman–Crippen MR) is 145 cm³/mol. The van der Waals surface area contributed by atoms with Crippen LogP contribution in [0.4, 0.5) is 0 Å². The minimum absolute atomic E-state index is 0.107. The van der Waals surface area contributed by atoms with Gasteiger partial charge in [0.25, 0.3) is 5.91 Å². The number of aliphatic imine (C=N–C) groups is 1. The second-order valence-electron chi connectivity index (χ2n) is 8.01. The van der Waals surface area contributed by atoms with Crippen LogP contribution < -0.4 is 9.47 Å². The molecule has 1 N–H and O–H groups in total. The first kappa shape index (κ1) is 23.9. The van der Waals surface area contributed by atoms with E-state index in [2.05, 4.69) is 4.99 Å². The molecule has 0 aliphatic carbocycles. The van der Waals surface area contributed by atoms with Crippen LogP contribution in [-0.2, 0) is 4.79 Å². The van der Waals surface area contributed by atoms with Gasteiger partial charge in [-0.15, -0.1) is 0 Å². The number of carbonyl (C=O) groups is 1. The number of hydrogen-bond donors (Lipinski definition) is 1. The fourth-order valence-corrected chi connectivity index (χ4v) is 4.76. The van der Waals surface area contributed by atoms with Crippen molar-refractivity contribution in [3.63, 3.8) is 0 Å². The largest absolute Gasteiger partial charge is 0.493 e. The monoisotopic (exact) mass is 515 g/mol. The van der Waals surface area contributed by atoms with Crippen molar-refractivity contribution < 1.29 is 14.3 Å². The van der Waals surface area contributed by atoms with E-state index >= 15 is 0 Å². The van der Waals surface area contributed by atoms with E-state index in [1.165, 1.54) is 11.8 Å². The first-order valence-corrected chi connectivity index (χ1v) is 12.6. The van der Waals surface area contributed by atoms with Gasteiger partial charge in [-0.05, 0) is 53.6 Å². The van der Waals surface area contributed by atoms with Crippen LogP contribution in [0, 0.1) is 5.41 Å². The van der Waals surface area contributed by atoms with E-state index in [-0.39, 0.29) is 11.4 Å². The van der Waals surface area contributed by atoms with Gasteiger partial charge >= 0.3 is 0 Å². The van der Waals surface area contributed by atoms with Crippen LogP contribution in [0.2, 0.25) is 5.02 Å². The molecule has 0 saturated carbocycles. The zero-order valence-electron chi connectivity index (χ0n) is 19.2. The second kappa shape index (κ2) is 10.8. The number of amidine groups is 2. The van der Waals surface area contributed by atoms with Crippen LogP contribution in [0.1, 0.15) is 17.5 Å². The van der Waals surface area contributed by atoms with Crippen molar-refractivity contribution in [1.29, 1.82) is 5.41 Å². The van der Waals surface area contributed by atoms with Crippen LogP contribution in [0.3, 0.4) is 0 Å². The topological polar surface area (TPSA) is 75.0 Å². The van der Waals surface area contributed by atoms with Crippen LogP contribution in [0.25, 0.3) is 11.8 Å². The van der Waals surface area contributed by atoms with E-state index in [9.17, 15) is 4.79 Å². The molecule has 0 saturated heterocycles. The zero-order valence-corrected chi connectivity index (χ0v) is 20.8. The van der Waals surface area contributed by atoms with Gasteiger partial charge in [-0.3, -0.25) is 15.1 Å². The number of thioether (sulfide) groups is 1. The average Bonchev–Trinajstić information content (AvgIpc) is 3.32. The molecule has 0 bridgehead atoms. The molecule has 1 amide bonds. The lowest BCUT2D eigenvalue weighted by molar-refractivity contribution is -0.114. The van der Waals surface area contributed by atoms with Gasteiger partial charge in [0, 0.05) is 16.9 Å². The molecule has 0 unspecified atom stereocenters. The SMILES string of the molecule is N=C1/C(=C/c2cccc(OCCCOc3ccc(Cl)cc3)c2)C(=O)N=C2SC=C(c3ccccc3)N12. The highest BCUT2D eigenvalue weighted by Crippen LogP contribution is 2.37. The van der Waals surface area contributed by atoms with Gasteiger partial charge in [0.2, 0.25) is 0 Å². The maximum atomic E-state index is 12.7. The minimum atomic E-state index is -0.424. The number of rotatable bonds is 8. The number of ether oxygens (including phenoxy) is 2. The number of benzene rings is 3. The molecule has 0 radical (unpaired) electrons. The Labute approximate surface area is 218 Å².